The highest BCUT2D eigenvalue weighted by Gasteiger charge is 2.48. The number of aliphatic hydroxyl groups excluding tert-OH is 2. The molecule has 4 N–H and O–H groups in total. The van der Waals surface area contributed by atoms with Crippen LogP contribution in [0, 0.1) is 5.82 Å². The number of H-pyrrole nitrogens is 1. The Hall–Kier alpha value is -3.25. The first-order chi connectivity index (χ1) is 17.0. The molecule has 10 nitrogen and oxygen atoms in total. The average molecular weight is 487 g/mol. The number of ether oxygens (including phenoxy) is 4. The molecule has 0 radical (unpaired) electrons. The fourth-order valence-corrected chi connectivity index (χ4v) is 4.24. The Balaban J connectivity index is 1.22. The van der Waals surface area contributed by atoms with Crippen LogP contribution < -0.4 is 14.8 Å². The second-order valence-electron chi connectivity index (χ2n) is 8.44. The van der Waals surface area contributed by atoms with E-state index < -0.39 is 30.5 Å². The summed E-state index contributed by atoms with van der Waals surface area (Å²) in [5.74, 6) is 0.121. The SMILES string of the molecule is O=C(CO)NCCCOc1ccc(-c2nc3cc(O[C@@H]4COC5C4OC[C@H]5O)[nH]c3cc2F)cc1. The predicted octanol–water partition coefficient (Wildman–Crippen LogP) is 1.15. The monoisotopic (exact) mass is 487 g/mol. The Kier molecular flexibility index (Phi) is 6.82. The molecule has 2 unspecified atom stereocenters. The van der Waals surface area contributed by atoms with Crippen LogP contribution in [0.4, 0.5) is 4.39 Å². The number of carbonyl (C=O) groups is 1. The number of hydrogen-bond donors (Lipinski definition) is 4. The summed E-state index contributed by atoms with van der Waals surface area (Å²) in [4.78, 5) is 18.5. The maximum absolute atomic E-state index is 14.8. The van der Waals surface area contributed by atoms with Crippen molar-refractivity contribution in [2.75, 3.05) is 33.0 Å². The lowest BCUT2D eigenvalue weighted by Gasteiger charge is -2.16. The van der Waals surface area contributed by atoms with Crippen molar-refractivity contribution in [3.63, 3.8) is 0 Å². The number of amides is 1. The van der Waals surface area contributed by atoms with E-state index in [1.165, 1.54) is 6.07 Å². The normalized spacial score (nSPS) is 23.4. The molecule has 2 aromatic heterocycles. The number of aromatic amines is 1. The molecule has 4 heterocycles. The van der Waals surface area contributed by atoms with E-state index in [1.807, 2.05) is 0 Å². The Morgan fingerprint density at radius 2 is 2.00 bits per heavy atom. The number of rotatable bonds is 9. The van der Waals surface area contributed by atoms with Crippen molar-refractivity contribution >= 4 is 16.9 Å². The van der Waals surface area contributed by atoms with Crippen LogP contribution in [0.2, 0.25) is 0 Å². The smallest absolute Gasteiger partial charge is 0.245 e. The molecule has 2 aliphatic rings. The molecule has 5 rings (SSSR count). The average Bonchev–Trinajstić information content (AvgIpc) is 3.55. The van der Waals surface area contributed by atoms with Crippen LogP contribution in [0.25, 0.3) is 22.3 Å². The molecule has 11 heteroatoms. The van der Waals surface area contributed by atoms with E-state index in [0.717, 1.165) is 0 Å². The Labute approximate surface area is 200 Å². The van der Waals surface area contributed by atoms with Crippen LogP contribution >= 0.6 is 0 Å². The number of benzene rings is 1. The molecule has 35 heavy (non-hydrogen) atoms. The van der Waals surface area contributed by atoms with Gasteiger partial charge in [0.2, 0.25) is 5.91 Å². The first kappa shape index (κ1) is 23.5. The van der Waals surface area contributed by atoms with Gasteiger partial charge in [0.05, 0.1) is 30.9 Å². The summed E-state index contributed by atoms with van der Waals surface area (Å²) in [6.07, 6.45) is -1.21. The molecule has 3 aromatic rings. The van der Waals surface area contributed by atoms with Crippen LogP contribution in [0.3, 0.4) is 0 Å². The van der Waals surface area contributed by atoms with Gasteiger partial charge in [-0.2, -0.15) is 0 Å². The number of nitrogens with one attached hydrogen (secondary N) is 2. The summed E-state index contributed by atoms with van der Waals surface area (Å²) in [5, 5.41) is 21.1. The lowest BCUT2D eigenvalue weighted by Crippen LogP contribution is -2.34. The summed E-state index contributed by atoms with van der Waals surface area (Å²) >= 11 is 0. The van der Waals surface area contributed by atoms with Crippen molar-refractivity contribution in [1.82, 2.24) is 15.3 Å². The molecule has 2 aliphatic heterocycles. The van der Waals surface area contributed by atoms with E-state index in [1.54, 1.807) is 30.3 Å². The highest BCUT2D eigenvalue weighted by molar-refractivity contribution is 5.81. The number of aromatic nitrogens is 2. The quantitative estimate of drug-likeness (QED) is 0.330. The van der Waals surface area contributed by atoms with Crippen LogP contribution in [0.5, 0.6) is 11.6 Å². The number of hydrogen-bond acceptors (Lipinski definition) is 8. The Morgan fingerprint density at radius 1 is 1.20 bits per heavy atom. The molecule has 1 amide bonds. The summed E-state index contributed by atoms with van der Waals surface area (Å²) in [7, 11) is 0. The maximum atomic E-state index is 14.8. The first-order valence-corrected chi connectivity index (χ1v) is 11.4. The van der Waals surface area contributed by atoms with E-state index in [-0.39, 0.29) is 24.5 Å². The van der Waals surface area contributed by atoms with E-state index in [2.05, 4.69) is 15.3 Å². The largest absolute Gasteiger partial charge is 0.494 e. The number of halogens is 1. The van der Waals surface area contributed by atoms with Gasteiger partial charge in [-0.1, -0.05) is 0 Å². The molecule has 1 aromatic carbocycles. The van der Waals surface area contributed by atoms with Gasteiger partial charge in [0.1, 0.15) is 36.4 Å². The molecule has 2 fully saturated rings. The number of fused-ring (bicyclic) bond motifs is 2. The van der Waals surface area contributed by atoms with E-state index in [4.69, 9.17) is 24.1 Å². The van der Waals surface area contributed by atoms with Gasteiger partial charge in [0.25, 0.3) is 0 Å². The van der Waals surface area contributed by atoms with Crippen LogP contribution in [-0.4, -0.2) is 83.5 Å². The van der Waals surface area contributed by atoms with Crippen molar-refractivity contribution in [3.8, 4) is 22.9 Å². The molecular weight excluding hydrogens is 461 g/mol. The number of aliphatic hydroxyl groups is 2. The van der Waals surface area contributed by atoms with Crippen LogP contribution in [-0.2, 0) is 14.3 Å². The minimum absolute atomic E-state index is 0.202. The van der Waals surface area contributed by atoms with Gasteiger partial charge in [-0.25, -0.2) is 9.37 Å². The van der Waals surface area contributed by atoms with Crippen LogP contribution in [0.1, 0.15) is 6.42 Å². The minimum atomic E-state index is -0.661. The third kappa shape index (κ3) is 5.08. The van der Waals surface area contributed by atoms with Crippen molar-refractivity contribution in [1.29, 1.82) is 0 Å². The van der Waals surface area contributed by atoms with Gasteiger partial charge < -0.3 is 39.5 Å². The second-order valence-corrected chi connectivity index (χ2v) is 8.44. The second kappa shape index (κ2) is 10.2. The van der Waals surface area contributed by atoms with Gasteiger partial charge in [0.15, 0.2) is 17.8 Å². The number of carbonyl (C=O) groups excluding carboxylic acids is 1. The van der Waals surface area contributed by atoms with Gasteiger partial charge in [-0.15, -0.1) is 0 Å². The topological polar surface area (TPSA) is 135 Å². The molecule has 0 bridgehead atoms. The van der Waals surface area contributed by atoms with Gasteiger partial charge in [-0.05, 0) is 30.7 Å². The summed E-state index contributed by atoms with van der Waals surface area (Å²) in [6, 6.07) is 9.98. The standard InChI is InChI=1S/C24H26FN3O7/c25-15-8-16-17(9-21(27-16)35-19-12-34-23-18(30)11-33-24(19)23)28-22(15)13-2-4-14(5-3-13)32-7-1-6-26-20(31)10-29/h2-5,8-9,18-19,23-24,27,29-30H,1,6-7,10-12H2,(H,26,31)/t18-,19-,23?,24?/m1/s1. The van der Waals surface area contributed by atoms with Gasteiger partial charge in [0, 0.05) is 24.2 Å². The zero-order valence-corrected chi connectivity index (χ0v) is 18.8. The predicted molar refractivity (Wildman–Crippen MR) is 122 cm³/mol. The molecule has 4 atom stereocenters. The third-order valence-electron chi connectivity index (χ3n) is 5.97. The summed E-state index contributed by atoms with van der Waals surface area (Å²) < 4.78 is 37.6. The number of pyridine rings is 1. The van der Waals surface area contributed by atoms with E-state index >= 15 is 0 Å². The Bertz CT molecular complexity index is 1190. The molecular formula is C24H26FN3O7. The fraction of sp³-hybridized carbons (Fsp3) is 0.417. The lowest BCUT2D eigenvalue weighted by atomic mass is 10.1. The lowest BCUT2D eigenvalue weighted by molar-refractivity contribution is -0.123. The Morgan fingerprint density at radius 3 is 2.80 bits per heavy atom. The van der Waals surface area contributed by atoms with Crippen molar-refractivity contribution < 1.29 is 38.3 Å². The zero-order chi connectivity index (χ0) is 24.4. The maximum Gasteiger partial charge on any atom is 0.245 e. The minimum Gasteiger partial charge on any atom is -0.494 e. The van der Waals surface area contributed by atoms with E-state index in [0.29, 0.717) is 54.4 Å². The highest BCUT2D eigenvalue weighted by Crippen LogP contribution is 2.32. The molecule has 186 valence electrons. The van der Waals surface area contributed by atoms with Crippen molar-refractivity contribution in [2.45, 2.75) is 30.8 Å². The van der Waals surface area contributed by atoms with Gasteiger partial charge in [-0.3, -0.25) is 4.79 Å². The van der Waals surface area contributed by atoms with E-state index in [9.17, 15) is 14.3 Å². The molecule has 0 saturated carbocycles. The van der Waals surface area contributed by atoms with Gasteiger partial charge >= 0.3 is 0 Å². The molecule has 0 aliphatic carbocycles. The highest BCUT2D eigenvalue weighted by atomic mass is 19.1. The summed E-state index contributed by atoms with van der Waals surface area (Å²) in [5.41, 5.74) is 1.84. The fourth-order valence-electron chi connectivity index (χ4n) is 4.24. The third-order valence-corrected chi connectivity index (χ3v) is 5.97. The number of nitrogens with zero attached hydrogens (tertiary/aromatic N) is 1. The summed E-state index contributed by atoms with van der Waals surface area (Å²) in [6.45, 7) is 0.754. The molecule has 0 spiro atoms. The van der Waals surface area contributed by atoms with Crippen LogP contribution in [0.15, 0.2) is 36.4 Å². The van der Waals surface area contributed by atoms with Crippen molar-refractivity contribution in [2.24, 2.45) is 0 Å². The first-order valence-electron chi connectivity index (χ1n) is 11.4. The molecule has 2 saturated heterocycles. The van der Waals surface area contributed by atoms with Crippen molar-refractivity contribution in [3.05, 3.63) is 42.2 Å². The zero-order valence-electron chi connectivity index (χ0n) is 18.8.